The van der Waals surface area contributed by atoms with Gasteiger partial charge in [0, 0.05) is 5.69 Å². The van der Waals surface area contributed by atoms with Gasteiger partial charge in [-0.05, 0) is 31.2 Å². The van der Waals surface area contributed by atoms with E-state index >= 15 is 0 Å². The van der Waals surface area contributed by atoms with Crippen LogP contribution in [0.3, 0.4) is 0 Å². The first kappa shape index (κ1) is 13.9. The van der Waals surface area contributed by atoms with Crippen LogP contribution in [0.4, 0.5) is 23.7 Å². The monoisotopic (exact) mass is 256 g/mol. The van der Waals surface area contributed by atoms with Gasteiger partial charge < -0.3 is 10.6 Å². The van der Waals surface area contributed by atoms with Gasteiger partial charge in [-0.3, -0.25) is 0 Å². The fourth-order valence-electron chi connectivity index (χ4n) is 1.15. The van der Waals surface area contributed by atoms with E-state index < -0.39 is 23.8 Å². The van der Waals surface area contributed by atoms with Crippen LogP contribution in [0.2, 0.25) is 0 Å². The van der Waals surface area contributed by atoms with Gasteiger partial charge in [0.1, 0.15) is 0 Å². The normalized spacial score (nSPS) is 12.4. The third-order valence-electron chi connectivity index (χ3n) is 2.07. The van der Waals surface area contributed by atoms with Crippen molar-refractivity contribution in [3.63, 3.8) is 0 Å². The van der Waals surface area contributed by atoms with E-state index in [2.05, 4.69) is 16.6 Å². The highest BCUT2D eigenvalue weighted by Crippen LogP contribution is 2.29. The molecule has 1 rings (SSSR count). The van der Waals surface area contributed by atoms with Crippen LogP contribution in [-0.4, -0.2) is 12.1 Å². The minimum atomic E-state index is -4.39. The standard InChI is InChI=1S/C12H11F3N2O/c1-3-8(2)16-11(18)17-10-6-4-9(5-7-10)12(13,14)15/h1,4-8H,2H3,(H2,16,17,18). The molecule has 2 amide bonds. The smallest absolute Gasteiger partial charge is 0.325 e. The number of urea groups is 1. The molecule has 0 heterocycles. The second-order valence-electron chi connectivity index (χ2n) is 3.56. The first-order chi connectivity index (χ1) is 8.32. The Morgan fingerprint density at radius 2 is 1.89 bits per heavy atom. The molecule has 0 bridgehead atoms. The summed E-state index contributed by atoms with van der Waals surface area (Å²) in [5.74, 6) is 2.29. The maximum Gasteiger partial charge on any atom is 0.416 e. The topological polar surface area (TPSA) is 41.1 Å². The fourth-order valence-corrected chi connectivity index (χ4v) is 1.15. The lowest BCUT2D eigenvalue weighted by Crippen LogP contribution is -2.35. The van der Waals surface area contributed by atoms with Crippen molar-refractivity contribution < 1.29 is 18.0 Å². The molecule has 0 saturated carbocycles. The van der Waals surface area contributed by atoms with Crippen molar-refractivity contribution in [3.05, 3.63) is 29.8 Å². The van der Waals surface area contributed by atoms with E-state index in [0.717, 1.165) is 12.1 Å². The van der Waals surface area contributed by atoms with Gasteiger partial charge in [0.15, 0.2) is 0 Å². The number of benzene rings is 1. The van der Waals surface area contributed by atoms with Crippen molar-refractivity contribution in [1.29, 1.82) is 0 Å². The number of terminal acetylenes is 1. The summed E-state index contributed by atoms with van der Waals surface area (Å²) in [5.41, 5.74) is -0.518. The van der Waals surface area contributed by atoms with Crippen LogP contribution in [0.5, 0.6) is 0 Å². The molecule has 96 valence electrons. The molecular weight excluding hydrogens is 245 g/mol. The van der Waals surface area contributed by atoms with E-state index in [1.54, 1.807) is 6.92 Å². The molecule has 0 aliphatic carbocycles. The van der Waals surface area contributed by atoms with Gasteiger partial charge in [-0.25, -0.2) is 4.79 Å². The van der Waals surface area contributed by atoms with Gasteiger partial charge in [-0.1, -0.05) is 5.92 Å². The van der Waals surface area contributed by atoms with Crippen molar-refractivity contribution >= 4 is 11.7 Å². The molecule has 0 aliphatic heterocycles. The SMILES string of the molecule is C#CC(C)NC(=O)Nc1ccc(C(F)(F)F)cc1. The number of hydrogen-bond donors (Lipinski definition) is 2. The number of anilines is 1. The molecule has 6 heteroatoms. The number of alkyl halides is 3. The lowest BCUT2D eigenvalue weighted by molar-refractivity contribution is -0.137. The van der Waals surface area contributed by atoms with E-state index in [0.29, 0.717) is 0 Å². The Morgan fingerprint density at radius 3 is 2.33 bits per heavy atom. The Balaban J connectivity index is 2.65. The molecule has 1 aromatic carbocycles. The van der Waals surface area contributed by atoms with Crippen molar-refractivity contribution in [2.45, 2.75) is 19.1 Å². The van der Waals surface area contributed by atoms with Gasteiger partial charge in [0.2, 0.25) is 0 Å². The Morgan fingerprint density at radius 1 is 1.33 bits per heavy atom. The highest BCUT2D eigenvalue weighted by Gasteiger charge is 2.29. The lowest BCUT2D eigenvalue weighted by atomic mass is 10.2. The zero-order valence-electron chi connectivity index (χ0n) is 9.51. The summed E-state index contributed by atoms with van der Waals surface area (Å²) in [6.07, 6.45) is 0.674. The zero-order valence-corrected chi connectivity index (χ0v) is 9.51. The Bertz CT molecular complexity index is 460. The summed E-state index contributed by atoms with van der Waals surface area (Å²) in [4.78, 5) is 11.3. The maximum atomic E-state index is 12.3. The van der Waals surface area contributed by atoms with Crippen LogP contribution >= 0.6 is 0 Å². The molecule has 3 nitrogen and oxygen atoms in total. The third kappa shape index (κ3) is 4.01. The molecule has 18 heavy (non-hydrogen) atoms. The van der Waals surface area contributed by atoms with Gasteiger partial charge >= 0.3 is 12.2 Å². The molecule has 0 fully saturated rings. The molecule has 0 radical (unpaired) electrons. The molecule has 0 spiro atoms. The van der Waals surface area contributed by atoms with Crippen molar-refractivity contribution in [1.82, 2.24) is 5.32 Å². The predicted molar refractivity (Wildman–Crippen MR) is 61.9 cm³/mol. The quantitative estimate of drug-likeness (QED) is 0.785. The second kappa shape index (κ2) is 5.45. The highest BCUT2D eigenvalue weighted by molar-refractivity contribution is 5.89. The molecule has 0 saturated heterocycles. The average molecular weight is 256 g/mol. The molecule has 1 atom stereocenters. The van der Waals surface area contributed by atoms with Crippen molar-refractivity contribution in [3.8, 4) is 12.3 Å². The van der Waals surface area contributed by atoms with Crippen LogP contribution in [0.15, 0.2) is 24.3 Å². The summed E-state index contributed by atoms with van der Waals surface area (Å²) in [5, 5.41) is 4.79. The summed E-state index contributed by atoms with van der Waals surface area (Å²) in [6, 6.07) is 3.09. The minimum absolute atomic E-state index is 0.254. The third-order valence-corrected chi connectivity index (χ3v) is 2.07. The number of carbonyl (C=O) groups excluding carboxylic acids is 1. The number of carbonyl (C=O) groups is 1. The molecule has 2 N–H and O–H groups in total. The number of halogens is 3. The van der Waals surface area contributed by atoms with Crippen molar-refractivity contribution in [2.75, 3.05) is 5.32 Å². The predicted octanol–water partition coefficient (Wildman–Crippen LogP) is 2.85. The van der Waals surface area contributed by atoms with Crippen molar-refractivity contribution in [2.24, 2.45) is 0 Å². The van der Waals surface area contributed by atoms with Crippen LogP contribution in [0.25, 0.3) is 0 Å². The molecular formula is C12H11F3N2O. The summed E-state index contributed by atoms with van der Waals surface area (Å²) >= 11 is 0. The maximum absolute atomic E-state index is 12.3. The molecule has 1 unspecified atom stereocenters. The first-order valence-corrected chi connectivity index (χ1v) is 5.04. The number of hydrogen-bond acceptors (Lipinski definition) is 1. The van der Waals surface area contributed by atoms with Gasteiger partial charge in [0.25, 0.3) is 0 Å². The van der Waals surface area contributed by atoms with E-state index in [4.69, 9.17) is 6.42 Å². The number of rotatable bonds is 2. The van der Waals surface area contributed by atoms with Crippen LogP contribution in [0, 0.1) is 12.3 Å². The zero-order chi connectivity index (χ0) is 13.8. The highest BCUT2D eigenvalue weighted by atomic mass is 19.4. The molecule has 0 aromatic heterocycles. The molecule has 0 aliphatic rings. The average Bonchev–Trinajstić information content (AvgIpc) is 2.28. The van der Waals surface area contributed by atoms with E-state index in [1.165, 1.54) is 12.1 Å². The van der Waals surface area contributed by atoms with E-state index in [9.17, 15) is 18.0 Å². The fraction of sp³-hybridized carbons (Fsp3) is 0.250. The van der Waals surface area contributed by atoms with Crippen LogP contribution in [-0.2, 0) is 6.18 Å². The van der Waals surface area contributed by atoms with Gasteiger partial charge in [0.05, 0.1) is 11.6 Å². The lowest BCUT2D eigenvalue weighted by Gasteiger charge is -2.11. The summed E-state index contributed by atoms with van der Waals surface area (Å²) in [7, 11) is 0. The Kier molecular flexibility index (Phi) is 4.21. The summed E-state index contributed by atoms with van der Waals surface area (Å²) < 4.78 is 36.8. The van der Waals surface area contributed by atoms with Crippen LogP contribution < -0.4 is 10.6 Å². The first-order valence-electron chi connectivity index (χ1n) is 5.04. The van der Waals surface area contributed by atoms with Gasteiger partial charge in [-0.15, -0.1) is 6.42 Å². The second-order valence-corrected chi connectivity index (χ2v) is 3.56. The number of amides is 2. The van der Waals surface area contributed by atoms with Gasteiger partial charge in [-0.2, -0.15) is 13.2 Å². The Hall–Kier alpha value is -2.16. The largest absolute Gasteiger partial charge is 0.416 e. The van der Waals surface area contributed by atoms with E-state index in [-0.39, 0.29) is 5.69 Å². The van der Waals surface area contributed by atoms with Crippen LogP contribution in [0.1, 0.15) is 12.5 Å². The molecule has 1 aromatic rings. The summed E-state index contributed by atoms with van der Waals surface area (Å²) in [6.45, 7) is 1.60. The minimum Gasteiger partial charge on any atom is -0.325 e. The van der Waals surface area contributed by atoms with E-state index in [1.807, 2.05) is 0 Å². The number of nitrogens with one attached hydrogen (secondary N) is 2. The Labute approximate surface area is 102 Å².